The Hall–Kier alpha value is -2.05. The molecule has 2 aliphatic heterocycles. The lowest BCUT2D eigenvalue weighted by molar-refractivity contribution is 0.0503. The molecule has 2 fully saturated rings. The van der Waals surface area contributed by atoms with Gasteiger partial charge in [0.1, 0.15) is 5.82 Å². The molecule has 1 unspecified atom stereocenters. The molecule has 1 N–H and O–H groups in total. The Balaban J connectivity index is 1.34. The third kappa shape index (κ3) is 3.56. The van der Waals surface area contributed by atoms with E-state index in [1.165, 1.54) is 25.0 Å². The number of likely N-dealkylation sites (tertiary alicyclic amines) is 1. The van der Waals surface area contributed by atoms with Crippen molar-refractivity contribution in [2.75, 3.05) is 31.6 Å². The molecular weight excluding hydrogens is 343 g/mol. The van der Waals surface area contributed by atoms with Gasteiger partial charge in [0.2, 0.25) is 5.95 Å². The van der Waals surface area contributed by atoms with Crippen LogP contribution in [0.25, 0.3) is 0 Å². The van der Waals surface area contributed by atoms with E-state index in [1.54, 1.807) is 0 Å². The monoisotopic (exact) mass is 368 g/mol. The van der Waals surface area contributed by atoms with Crippen molar-refractivity contribution in [2.45, 2.75) is 37.8 Å². The molecule has 1 aliphatic carbocycles. The zero-order valence-corrected chi connectivity index (χ0v) is 15.5. The lowest BCUT2D eigenvalue weighted by Crippen LogP contribution is -2.40. The highest BCUT2D eigenvalue weighted by molar-refractivity contribution is 5.37. The van der Waals surface area contributed by atoms with Crippen molar-refractivity contribution in [3.8, 4) is 0 Å². The smallest absolute Gasteiger partial charge is 0.222 e. The van der Waals surface area contributed by atoms with Gasteiger partial charge in [0, 0.05) is 31.4 Å². The maximum atomic E-state index is 13.2. The second-order valence-corrected chi connectivity index (χ2v) is 8.25. The second-order valence-electron chi connectivity index (χ2n) is 8.25. The average molecular weight is 368 g/mol. The number of aromatic nitrogens is 2. The number of hydrogen-bond acceptors (Lipinski definition) is 5. The predicted octanol–water partition coefficient (Wildman–Crippen LogP) is 3.11. The number of ether oxygens (including phenoxy) is 1. The highest BCUT2D eigenvalue weighted by atomic mass is 19.1. The summed E-state index contributed by atoms with van der Waals surface area (Å²) >= 11 is 0. The van der Waals surface area contributed by atoms with Gasteiger partial charge in [-0.3, -0.25) is 4.90 Å². The van der Waals surface area contributed by atoms with E-state index in [9.17, 15) is 4.39 Å². The van der Waals surface area contributed by atoms with Crippen LogP contribution in [0.2, 0.25) is 0 Å². The van der Waals surface area contributed by atoms with Crippen molar-refractivity contribution < 1.29 is 9.13 Å². The quantitative estimate of drug-likeness (QED) is 0.879. The molecule has 142 valence electrons. The standard InChI is InChI=1S/C21H25FN4O/c22-18-5-3-16(4-6-18)11-26-8-7-21(13-26)14-27-12-17-10-24-20(25-19(17)21)23-9-15-1-2-15/h3-6,10,15H,1-2,7-9,11-14H2,(H,23,24,25). The van der Waals surface area contributed by atoms with Crippen LogP contribution in [-0.2, 0) is 23.3 Å². The van der Waals surface area contributed by atoms with Crippen LogP contribution >= 0.6 is 0 Å². The Morgan fingerprint density at radius 1 is 1.26 bits per heavy atom. The van der Waals surface area contributed by atoms with Crippen LogP contribution in [-0.4, -0.2) is 41.1 Å². The SMILES string of the molecule is Fc1ccc(CN2CCC3(COCc4cnc(NCC5CC5)nc43)C2)cc1. The van der Waals surface area contributed by atoms with Crippen molar-refractivity contribution >= 4 is 5.95 Å². The van der Waals surface area contributed by atoms with Crippen LogP contribution in [0.15, 0.2) is 30.5 Å². The molecule has 1 saturated heterocycles. The van der Waals surface area contributed by atoms with E-state index in [0.29, 0.717) is 13.2 Å². The van der Waals surface area contributed by atoms with Gasteiger partial charge in [-0.05, 0) is 49.4 Å². The summed E-state index contributed by atoms with van der Waals surface area (Å²) in [4.78, 5) is 11.8. The largest absolute Gasteiger partial charge is 0.376 e. The van der Waals surface area contributed by atoms with E-state index in [0.717, 1.165) is 61.3 Å². The average Bonchev–Trinajstić information content (AvgIpc) is 3.44. The van der Waals surface area contributed by atoms with Gasteiger partial charge in [0.25, 0.3) is 0 Å². The Morgan fingerprint density at radius 2 is 2.11 bits per heavy atom. The van der Waals surface area contributed by atoms with E-state index in [-0.39, 0.29) is 11.2 Å². The van der Waals surface area contributed by atoms with Crippen molar-refractivity contribution in [1.29, 1.82) is 0 Å². The lowest BCUT2D eigenvalue weighted by Gasteiger charge is -2.34. The first-order chi connectivity index (χ1) is 13.2. The summed E-state index contributed by atoms with van der Waals surface area (Å²) in [7, 11) is 0. The van der Waals surface area contributed by atoms with Crippen LogP contribution in [0, 0.1) is 11.7 Å². The van der Waals surface area contributed by atoms with E-state index in [2.05, 4.69) is 15.2 Å². The first-order valence-corrected chi connectivity index (χ1v) is 9.85. The zero-order chi connectivity index (χ0) is 18.3. The number of rotatable bonds is 5. The molecule has 27 heavy (non-hydrogen) atoms. The Morgan fingerprint density at radius 3 is 2.93 bits per heavy atom. The summed E-state index contributed by atoms with van der Waals surface area (Å²) < 4.78 is 19.1. The van der Waals surface area contributed by atoms with Crippen LogP contribution < -0.4 is 5.32 Å². The number of hydrogen-bond donors (Lipinski definition) is 1. The maximum absolute atomic E-state index is 13.2. The minimum absolute atomic E-state index is 0.0629. The van der Waals surface area contributed by atoms with Crippen molar-refractivity contribution in [3.63, 3.8) is 0 Å². The van der Waals surface area contributed by atoms with Crippen LogP contribution in [0.1, 0.15) is 36.1 Å². The fraction of sp³-hybridized carbons (Fsp3) is 0.524. The summed E-state index contributed by atoms with van der Waals surface area (Å²) in [6, 6.07) is 6.80. The Kier molecular flexibility index (Phi) is 4.32. The molecule has 0 radical (unpaired) electrons. The molecule has 1 saturated carbocycles. The van der Waals surface area contributed by atoms with Crippen molar-refractivity contribution in [2.24, 2.45) is 5.92 Å². The van der Waals surface area contributed by atoms with Crippen molar-refractivity contribution in [1.82, 2.24) is 14.9 Å². The molecule has 2 aromatic rings. The minimum atomic E-state index is -0.186. The first-order valence-electron chi connectivity index (χ1n) is 9.85. The maximum Gasteiger partial charge on any atom is 0.222 e. The van der Waals surface area contributed by atoms with Crippen LogP contribution in [0.5, 0.6) is 0 Å². The molecule has 3 aliphatic rings. The molecule has 0 bridgehead atoms. The molecule has 1 aromatic carbocycles. The number of fused-ring (bicyclic) bond motifs is 2. The fourth-order valence-electron chi connectivity index (χ4n) is 4.29. The number of halogens is 1. The number of nitrogens with one attached hydrogen (secondary N) is 1. The summed E-state index contributed by atoms with van der Waals surface area (Å²) in [6.45, 7) is 5.01. The van der Waals surface area contributed by atoms with Crippen LogP contribution in [0.3, 0.4) is 0 Å². The summed E-state index contributed by atoms with van der Waals surface area (Å²) in [5, 5.41) is 3.41. The van der Waals surface area contributed by atoms with Gasteiger partial charge in [0.15, 0.2) is 0 Å². The molecule has 1 aromatic heterocycles. The number of benzene rings is 1. The van der Waals surface area contributed by atoms with Gasteiger partial charge in [-0.25, -0.2) is 14.4 Å². The molecule has 1 spiro atoms. The lowest BCUT2D eigenvalue weighted by atomic mass is 9.80. The molecule has 0 amide bonds. The highest BCUT2D eigenvalue weighted by Crippen LogP contribution is 2.39. The van der Waals surface area contributed by atoms with Crippen LogP contribution in [0.4, 0.5) is 10.3 Å². The molecule has 1 atom stereocenters. The normalized spacial score (nSPS) is 24.9. The Labute approximate surface area is 159 Å². The summed E-state index contributed by atoms with van der Waals surface area (Å²) in [5.74, 6) is 1.35. The van der Waals surface area contributed by atoms with Gasteiger partial charge in [-0.2, -0.15) is 0 Å². The molecule has 6 heteroatoms. The van der Waals surface area contributed by atoms with Gasteiger partial charge in [-0.15, -0.1) is 0 Å². The molecular formula is C21H25FN4O. The van der Waals surface area contributed by atoms with E-state index in [1.807, 2.05) is 18.3 Å². The zero-order valence-electron chi connectivity index (χ0n) is 15.5. The van der Waals surface area contributed by atoms with Gasteiger partial charge in [-0.1, -0.05) is 12.1 Å². The molecule has 3 heterocycles. The minimum Gasteiger partial charge on any atom is -0.376 e. The predicted molar refractivity (Wildman–Crippen MR) is 101 cm³/mol. The van der Waals surface area contributed by atoms with Gasteiger partial charge < -0.3 is 10.1 Å². The first kappa shape index (κ1) is 17.1. The Bertz CT molecular complexity index is 823. The van der Waals surface area contributed by atoms with E-state index in [4.69, 9.17) is 9.72 Å². The third-order valence-corrected chi connectivity index (χ3v) is 6.00. The molecule has 5 rings (SSSR count). The highest BCUT2D eigenvalue weighted by Gasteiger charge is 2.44. The number of anilines is 1. The number of nitrogens with zero attached hydrogens (tertiary/aromatic N) is 3. The summed E-state index contributed by atoms with van der Waals surface area (Å²) in [5.41, 5.74) is 3.34. The van der Waals surface area contributed by atoms with E-state index >= 15 is 0 Å². The topological polar surface area (TPSA) is 50.3 Å². The van der Waals surface area contributed by atoms with Crippen molar-refractivity contribution in [3.05, 3.63) is 53.1 Å². The summed E-state index contributed by atoms with van der Waals surface area (Å²) in [6.07, 6.45) is 5.59. The third-order valence-electron chi connectivity index (χ3n) is 6.00. The second kappa shape index (κ2) is 6.84. The molecule has 5 nitrogen and oxygen atoms in total. The van der Waals surface area contributed by atoms with Gasteiger partial charge in [0.05, 0.1) is 24.3 Å². The van der Waals surface area contributed by atoms with Gasteiger partial charge >= 0.3 is 0 Å². The fourth-order valence-corrected chi connectivity index (χ4v) is 4.29. The van der Waals surface area contributed by atoms with E-state index < -0.39 is 0 Å².